The molecule has 0 saturated heterocycles. The smallest absolute Gasteiger partial charge is 0.225 e. The molecule has 0 amide bonds. The zero-order valence-electron chi connectivity index (χ0n) is 10.1. The summed E-state index contributed by atoms with van der Waals surface area (Å²) in [6.07, 6.45) is 0. The minimum atomic E-state index is -2.82. The fourth-order valence-electron chi connectivity index (χ4n) is 2.12. The van der Waals surface area contributed by atoms with E-state index < -0.39 is 20.0 Å². The van der Waals surface area contributed by atoms with Gasteiger partial charge >= 0.3 is 0 Å². The molecule has 0 spiro atoms. The molecule has 16 heavy (non-hydrogen) atoms. The Labute approximate surface area is 96.3 Å². The van der Waals surface area contributed by atoms with Crippen LogP contribution in [0.5, 0.6) is 0 Å². The van der Waals surface area contributed by atoms with E-state index >= 15 is 0 Å². The van der Waals surface area contributed by atoms with Gasteiger partial charge in [0, 0.05) is 6.07 Å². The molecule has 1 N–H and O–H groups in total. The van der Waals surface area contributed by atoms with E-state index in [1.54, 1.807) is 0 Å². The molecule has 0 fully saturated rings. The first-order valence-electron chi connectivity index (χ1n) is 5.47. The molecule has 0 bridgehead atoms. The fraction of sp³-hybridized carbons (Fsp3) is 0.500. The van der Waals surface area contributed by atoms with E-state index in [2.05, 4.69) is 0 Å². The van der Waals surface area contributed by atoms with Gasteiger partial charge in [-0.25, -0.2) is 8.78 Å². The second kappa shape index (κ2) is 4.63. The molecule has 0 atom stereocenters. The van der Waals surface area contributed by atoms with Gasteiger partial charge < -0.3 is 4.80 Å². The van der Waals surface area contributed by atoms with Crippen molar-refractivity contribution in [1.29, 1.82) is 0 Å². The van der Waals surface area contributed by atoms with Crippen LogP contribution in [0.25, 0.3) is 0 Å². The van der Waals surface area contributed by atoms with E-state index in [9.17, 15) is 13.6 Å². The Morgan fingerprint density at radius 3 is 1.62 bits per heavy atom. The number of benzene rings is 1. The Kier molecular flexibility index (Phi) is 3.86. The van der Waals surface area contributed by atoms with Crippen LogP contribution in [0, 0.1) is 11.6 Å². The largest absolute Gasteiger partial charge is 0.427 e. The van der Waals surface area contributed by atoms with Crippen molar-refractivity contribution in [1.82, 2.24) is 0 Å². The molecule has 1 nitrogen and oxygen atoms in total. The van der Waals surface area contributed by atoms with Gasteiger partial charge in [-0.1, -0.05) is 27.7 Å². The van der Waals surface area contributed by atoms with Gasteiger partial charge in [0.05, 0.1) is 0 Å². The van der Waals surface area contributed by atoms with Crippen molar-refractivity contribution in [2.75, 3.05) is 0 Å². The van der Waals surface area contributed by atoms with E-state index in [0.717, 1.165) is 6.07 Å². The zero-order valence-corrected chi connectivity index (χ0v) is 11.1. The maximum Gasteiger partial charge on any atom is 0.225 e. The Morgan fingerprint density at radius 1 is 0.938 bits per heavy atom. The zero-order chi connectivity index (χ0) is 12.5. The minimum absolute atomic E-state index is 0.0219. The lowest BCUT2D eigenvalue weighted by molar-refractivity contribution is 0.510. The summed E-state index contributed by atoms with van der Waals surface area (Å²) in [5.74, 6) is -1.25. The number of hydrogen-bond donors (Lipinski definition) is 1. The minimum Gasteiger partial charge on any atom is -0.427 e. The summed E-state index contributed by atoms with van der Waals surface area (Å²) in [5, 5.41) is 0.440. The van der Waals surface area contributed by atoms with Crippen LogP contribution in [-0.2, 0) is 0 Å². The fourth-order valence-corrected chi connectivity index (χ4v) is 5.52. The van der Waals surface area contributed by atoms with Gasteiger partial charge in [0.25, 0.3) is 0 Å². The molecule has 0 unspecified atom stereocenters. The summed E-state index contributed by atoms with van der Waals surface area (Å²) >= 11 is 0. The van der Waals surface area contributed by atoms with E-state index in [0.29, 0.717) is 5.19 Å². The quantitative estimate of drug-likeness (QED) is 0.811. The van der Waals surface area contributed by atoms with Gasteiger partial charge in [-0.3, -0.25) is 0 Å². The Morgan fingerprint density at radius 2 is 1.31 bits per heavy atom. The highest BCUT2D eigenvalue weighted by Crippen LogP contribution is 2.29. The molecule has 4 heteroatoms. The number of hydrogen-bond acceptors (Lipinski definition) is 1. The summed E-state index contributed by atoms with van der Waals surface area (Å²) in [7, 11) is -2.82. The Bertz CT molecular complexity index is 349. The second-order valence-corrected chi connectivity index (χ2v) is 9.33. The average molecular weight is 244 g/mol. The van der Waals surface area contributed by atoms with Crippen molar-refractivity contribution in [2.45, 2.75) is 38.8 Å². The van der Waals surface area contributed by atoms with Crippen LogP contribution in [0.4, 0.5) is 8.78 Å². The molecular formula is C12H18F2OSi. The van der Waals surface area contributed by atoms with E-state index in [1.165, 1.54) is 12.1 Å². The standard InChI is InChI=1S/C12H18F2OSi/c1-8(2)16(15,9(3)4)12-6-10(13)5-11(14)7-12/h5-9,15H,1-4H3. The van der Waals surface area contributed by atoms with Crippen molar-refractivity contribution in [3.05, 3.63) is 29.8 Å². The normalized spacial score (nSPS) is 12.6. The molecule has 0 radical (unpaired) electrons. The molecule has 0 heterocycles. The molecule has 1 aromatic carbocycles. The van der Waals surface area contributed by atoms with Crippen LogP contribution in [-0.4, -0.2) is 13.1 Å². The van der Waals surface area contributed by atoms with Crippen LogP contribution < -0.4 is 5.19 Å². The summed E-state index contributed by atoms with van der Waals surface area (Å²) in [5.41, 5.74) is 0.0439. The predicted octanol–water partition coefficient (Wildman–Crippen LogP) is 2.93. The first kappa shape index (κ1) is 13.3. The molecule has 1 aromatic rings. The van der Waals surface area contributed by atoms with Crippen LogP contribution in [0.3, 0.4) is 0 Å². The third-order valence-corrected chi connectivity index (χ3v) is 7.82. The maximum atomic E-state index is 13.2. The lowest BCUT2D eigenvalue weighted by Gasteiger charge is -2.33. The highest BCUT2D eigenvalue weighted by Gasteiger charge is 2.41. The van der Waals surface area contributed by atoms with Crippen molar-refractivity contribution < 1.29 is 13.6 Å². The van der Waals surface area contributed by atoms with Crippen molar-refractivity contribution in [3.63, 3.8) is 0 Å². The lowest BCUT2D eigenvalue weighted by Crippen LogP contribution is -2.53. The molecule has 0 aromatic heterocycles. The van der Waals surface area contributed by atoms with Gasteiger partial charge in [0.2, 0.25) is 8.32 Å². The van der Waals surface area contributed by atoms with E-state index in [4.69, 9.17) is 0 Å². The van der Waals surface area contributed by atoms with Gasteiger partial charge in [0.15, 0.2) is 0 Å². The van der Waals surface area contributed by atoms with Crippen LogP contribution in [0.15, 0.2) is 18.2 Å². The van der Waals surface area contributed by atoms with Crippen molar-refractivity contribution in [2.24, 2.45) is 0 Å². The topological polar surface area (TPSA) is 20.2 Å². The van der Waals surface area contributed by atoms with Crippen molar-refractivity contribution in [3.8, 4) is 0 Å². The molecule has 1 rings (SSSR count). The Balaban J connectivity index is 3.32. The predicted molar refractivity (Wildman–Crippen MR) is 64.2 cm³/mol. The molecule has 0 saturated carbocycles. The van der Waals surface area contributed by atoms with Gasteiger partial charge in [-0.2, -0.15) is 0 Å². The summed E-state index contributed by atoms with van der Waals surface area (Å²) < 4.78 is 26.3. The highest BCUT2D eigenvalue weighted by molar-refractivity contribution is 6.87. The van der Waals surface area contributed by atoms with Gasteiger partial charge in [-0.05, 0) is 28.4 Å². The molecule has 0 aliphatic carbocycles. The second-order valence-electron chi connectivity index (χ2n) is 4.79. The summed E-state index contributed by atoms with van der Waals surface area (Å²) in [6, 6.07) is 3.35. The molecule has 90 valence electrons. The van der Waals surface area contributed by atoms with E-state index in [-0.39, 0.29) is 11.1 Å². The SMILES string of the molecule is CC(C)[Si](O)(c1cc(F)cc(F)c1)C(C)C. The monoisotopic (exact) mass is 244 g/mol. The molecular weight excluding hydrogens is 226 g/mol. The third kappa shape index (κ3) is 2.33. The average Bonchev–Trinajstić information content (AvgIpc) is 2.14. The van der Waals surface area contributed by atoms with Crippen LogP contribution >= 0.6 is 0 Å². The number of rotatable bonds is 3. The summed E-state index contributed by atoms with van der Waals surface area (Å²) in [4.78, 5) is 10.7. The summed E-state index contributed by atoms with van der Waals surface area (Å²) in [6.45, 7) is 7.59. The lowest BCUT2D eigenvalue weighted by atomic mass is 10.3. The number of halogens is 2. The highest BCUT2D eigenvalue weighted by atomic mass is 28.4. The van der Waals surface area contributed by atoms with E-state index in [1.807, 2.05) is 27.7 Å². The molecule has 0 aliphatic rings. The first-order valence-corrected chi connectivity index (χ1v) is 7.57. The van der Waals surface area contributed by atoms with Crippen LogP contribution in [0.2, 0.25) is 11.1 Å². The van der Waals surface area contributed by atoms with Crippen molar-refractivity contribution >= 4 is 13.5 Å². The van der Waals surface area contributed by atoms with Gasteiger partial charge in [-0.15, -0.1) is 0 Å². The molecule has 0 aliphatic heterocycles. The maximum absolute atomic E-state index is 13.2. The van der Waals surface area contributed by atoms with Crippen LogP contribution in [0.1, 0.15) is 27.7 Å². The first-order chi connectivity index (χ1) is 7.28. The Hall–Kier alpha value is -0.743. The van der Waals surface area contributed by atoms with Gasteiger partial charge in [0.1, 0.15) is 11.6 Å². The third-order valence-electron chi connectivity index (χ3n) is 3.09.